The Bertz CT molecular complexity index is 429. The second kappa shape index (κ2) is 8.15. The number of esters is 1. The van der Waals surface area contributed by atoms with Gasteiger partial charge in [0.25, 0.3) is 0 Å². The molecule has 1 saturated heterocycles. The fraction of sp³-hybridized carbons (Fsp3) is 0.588. The maximum atomic E-state index is 12.4. The summed E-state index contributed by atoms with van der Waals surface area (Å²) in [5.74, 6) is -0.177. The van der Waals surface area contributed by atoms with Crippen LogP contribution in [0.15, 0.2) is 30.3 Å². The lowest BCUT2D eigenvalue weighted by Crippen LogP contribution is -2.39. The van der Waals surface area contributed by atoms with Crippen LogP contribution in [0.4, 0.5) is 0 Å². The van der Waals surface area contributed by atoms with Crippen molar-refractivity contribution in [2.45, 2.75) is 38.8 Å². The monoisotopic (exact) mass is 291 g/mol. The Kier molecular flexibility index (Phi) is 6.21. The molecule has 0 aliphatic carbocycles. The van der Waals surface area contributed by atoms with E-state index < -0.39 is 0 Å². The minimum absolute atomic E-state index is 0.177. The highest BCUT2D eigenvalue weighted by atomic mass is 16.5. The number of hydrogen-bond acceptors (Lipinski definition) is 4. The zero-order valence-electron chi connectivity index (χ0n) is 13.0. The van der Waals surface area contributed by atoms with Gasteiger partial charge < -0.3 is 9.47 Å². The number of ether oxygens (including phenoxy) is 2. The van der Waals surface area contributed by atoms with E-state index in [1.807, 2.05) is 37.3 Å². The molecular weight excluding hydrogens is 266 g/mol. The summed E-state index contributed by atoms with van der Waals surface area (Å²) in [7, 11) is 0. The number of benzene rings is 1. The van der Waals surface area contributed by atoms with Crippen LogP contribution in [0.1, 0.15) is 38.3 Å². The van der Waals surface area contributed by atoms with Crippen LogP contribution in [0.5, 0.6) is 0 Å². The SMILES string of the molecule is CCOC(=O)C(c1ccccc1)N(CC)CC1CCCO1. The summed E-state index contributed by atoms with van der Waals surface area (Å²) < 4.78 is 11.0. The molecule has 1 heterocycles. The molecule has 0 radical (unpaired) electrons. The van der Waals surface area contributed by atoms with Gasteiger partial charge in [-0.1, -0.05) is 37.3 Å². The molecule has 1 aromatic carbocycles. The van der Waals surface area contributed by atoms with Gasteiger partial charge in [-0.2, -0.15) is 0 Å². The van der Waals surface area contributed by atoms with E-state index in [0.717, 1.165) is 38.1 Å². The molecule has 0 bridgehead atoms. The summed E-state index contributed by atoms with van der Waals surface area (Å²) in [4.78, 5) is 14.6. The summed E-state index contributed by atoms with van der Waals surface area (Å²) in [6.45, 7) is 6.71. The lowest BCUT2D eigenvalue weighted by Gasteiger charge is -2.31. The van der Waals surface area contributed by atoms with Crippen LogP contribution in [0.25, 0.3) is 0 Å². The van der Waals surface area contributed by atoms with Gasteiger partial charge >= 0.3 is 5.97 Å². The standard InChI is InChI=1S/C17H25NO3/c1-3-18(13-15-11-8-12-21-15)16(17(19)20-4-2)14-9-6-5-7-10-14/h5-7,9-10,15-16H,3-4,8,11-13H2,1-2H3. The fourth-order valence-electron chi connectivity index (χ4n) is 2.82. The third-order valence-electron chi connectivity index (χ3n) is 3.86. The van der Waals surface area contributed by atoms with Crippen molar-refractivity contribution in [3.05, 3.63) is 35.9 Å². The molecular formula is C17H25NO3. The molecule has 2 rings (SSSR count). The van der Waals surface area contributed by atoms with E-state index in [1.165, 1.54) is 0 Å². The Hall–Kier alpha value is -1.39. The van der Waals surface area contributed by atoms with Crippen LogP contribution < -0.4 is 0 Å². The van der Waals surface area contributed by atoms with Gasteiger partial charge in [-0.25, -0.2) is 4.79 Å². The number of carbonyl (C=O) groups excluding carboxylic acids is 1. The lowest BCUT2D eigenvalue weighted by atomic mass is 10.0. The Morgan fingerprint density at radius 1 is 1.38 bits per heavy atom. The van der Waals surface area contributed by atoms with Crippen molar-refractivity contribution in [2.75, 3.05) is 26.3 Å². The largest absolute Gasteiger partial charge is 0.465 e. The maximum absolute atomic E-state index is 12.4. The average Bonchev–Trinajstić information content (AvgIpc) is 3.01. The molecule has 1 aliphatic heterocycles. The minimum Gasteiger partial charge on any atom is -0.465 e. The van der Waals surface area contributed by atoms with Gasteiger partial charge in [0, 0.05) is 13.2 Å². The summed E-state index contributed by atoms with van der Waals surface area (Å²) in [6, 6.07) is 9.50. The highest BCUT2D eigenvalue weighted by molar-refractivity contribution is 5.77. The number of carbonyl (C=O) groups is 1. The van der Waals surface area contributed by atoms with Crippen LogP contribution in [-0.4, -0.2) is 43.3 Å². The van der Waals surface area contributed by atoms with Crippen LogP contribution in [0.2, 0.25) is 0 Å². The molecule has 4 nitrogen and oxygen atoms in total. The summed E-state index contributed by atoms with van der Waals surface area (Å²) in [5.41, 5.74) is 0.982. The van der Waals surface area contributed by atoms with E-state index in [-0.39, 0.29) is 18.1 Å². The summed E-state index contributed by atoms with van der Waals surface area (Å²) in [6.07, 6.45) is 2.41. The quantitative estimate of drug-likeness (QED) is 0.724. The van der Waals surface area contributed by atoms with Crippen molar-refractivity contribution >= 4 is 5.97 Å². The van der Waals surface area contributed by atoms with Gasteiger partial charge in [0.1, 0.15) is 6.04 Å². The van der Waals surface area contributed by atoms with E-state index in [1.54, 1.807) is 0 Å². The molecule has 4 heteroatoms. The van der Waals surface area contributed by atoms with E-state index in [4.69, 9.17) is 9.47 Å². The van der Waals surface area contributed by atoms with Crippen molar-refractivity contribution in [3.63, 3.8) is 0 Å². The first-order valence-corrected chi connectivity index (χ1v) is 7.83. The van der Waals surface area contributed by atoms with Crippen LogP contribution in [0.3, 0.4) is 0 Å². The predicted molar refractivity (Wildman–Crippen MR) is 82.0 cm³/mol. The van der Waals surface area contributed by atoms with Gasteiger partial charge in [-0.05, 0) is 31.9 Å². The molecule has 0 saturated carbocycles. The third kappa shape index (κ3) is 4.29. The highest BCUT2D eigenvalue weighted by Crippen LogP contribution is 2.24. The van der Waals surface area contributed by atoms with Gasteiger partial charge in [0.05, 0.1) is 12.7 Å². The minimum atomic E-state index is -0.347. The zero-order valence-corrected chi connectivity index (χ0v) is 13.0. The molecule has 0 aromatic heterocycles. The number of nitrogens with zero attached hydrogens (tertiary/aromatic N) is 1. The van der Waals surface area contributed by atoms with Gasteiger partial charge in [-0.3, -0.25) is 4.90 Å². The molecule has 0 N–H and O–H groups in total. The molecule has 1 aliphatic rings. The van der Waals surface area contributed by atoms with E-state index in [0.29, 0.717) is 6.61 Å². The topological polar surface area (TPSA) is 38.8 Å². The average molecular weight is 291 g/mol. The molecule has 116 valence electrons. The predicted octanol–water partition coefficient (Wildman–Crippen LogP) is 2.79. The molecule has 0 amide bonds. The fourth-order valence-corrected chi connectivity index (χ4v) is 2.82. The number of likely N-dealkylation sites (N-methyl/N-ethyl adjacent to an activating group) is 1. The van der Waals surface area contributed by atoms with Crippen molar-refractivity contribution in [1.29, 1.82) is 0 Å². The summed E-state index contributed by atoms with van der Waals surface area (Å²) >= 11 is 0. The molecule has 2 atom stereocenters. The normalized spacial score (nSPS) is 19.7. The van der Waals surface area contributed by atoms with Crippen LogP contribution in [-0.2, 0) is 14.3 Å². The van der Waals surface area contributed by atoms with E-state index in [9.17, 15) is 4.79 Å². The Balaban J connectivity index is 2.17. The second-order valence-corrected chi connectivity index (χ2v) is 5.29. The first-order valence-electron chi connectivity index (χ1n) is 7.83. The number of rotatable bonds is 7. The first kappa shape index (κ1) is 16.0. The Labute approximate surface area is 127 Å². The Morgan fingerprint density at radius 3 is 2.71 bits per heavy atom. The van der Waals surface area contributed by atoms with Crippen molar-refractivity contribution < 1.29 is 14.3 Å². The zero-order chi connectivity index (χ0) is 15.1. The second-order valence-electron chi connectivity index (χ2n) is 5.29. The molecule has 2 unspecified atom stereocenters. The van der Waals surface area contributed by atoms with Crippen molar-refractivity contribution in [1.82, 2.24) is 4.90 Å². The highest BCUT2D eigenvalue weighted by Gasteiger charge is 2.30. The molecule has 1 aromatic rings. The first-order chi connectivity index (χ1) is 10.3. The molecule has 21 heavy (non-hydrogen) atoms. The van der Waals surface area contributed by atoms with Gasteiger partial charge in [0.15, 0.2) is 0 Å². The van der Waals surface area contributed by atoms with Crippen LogP contribution in [0, 0.1) is 0 Å². The van der Waals surface area contributed by atoms with E-state index in [2.05, 4.69) is 11.8 Å². The smallest absolute Gasteiger partial charge is 0.328 e. The van der Waals surface area contributed by atoms with Crippen molar-refractivity contribution in [2.24, 2.45) is 0 Å². The Morgan fingerprint density at radius 2 is 2.14 bits per heavy atom. The van der Waals surface area contributed by atoms with Gasteiger partial charge in [-0.15, -0.1) is 0 Å². The summed E-state index contributed by atoms with van der Waals surface area (Å²) in [5, 5.41) is 0. The molecule has 1 fully saturated rings. The van der Waals surface area contributed by atoms with Crippen molar-refractivity contribution in [3.8, 4) is 0 Å². The maximum Gasteiger partial charge on any atom is 0.328 e. The van der Waals surface area contributed by atoms with E-state index >= 15 is 0 Å². The number of hydrogen-bond donors (Lipinski definition) is 0. The van der Waals surface area contributed by atoms with Crippen LogP contribution >= 0.6 is 0 Å². The van der Waals surface area contributed by atoms with Gasteiger partial charge in [0.2, 0.25) is 0 Å². The third-order valence-corrected chi connectivity index (χ3v) is 3.86. The molecule has 0 spiro atoms. The lowest BCUT2D eigenvalue weighted by molar-refractivity contribution is -0.150.